The summed E-state index contributed by atoms with van der Waals surface area (Å²) in [5.41, 5.74) is 2.46. The number of halogens is 2. The summed E-state index contributed by atoms with van der Waals surface area (Å²) in [7, 11) is 0. The molecule has 0 atom stereocenters. The molecule has 0 aromatic heterocycles. The van der Waals surface area contributed by atoms with E-state index in [0.29, 0.717) is 0 Å². The first kappa shape index (κ1) is 19.5. The van der Waals surface area contributed by atoms with Gasteiger partial charge in [-0.15, -0.1) is 24.8 Å². The zero-order valence-electron chi connectivity index (χ0n) is 12.1. The van der Waals surface area contributed by atoms with Crippen LogP contribution < -0.4 is 10.6 Å². The van der Waals surface area contributed by atoms with Crippen LogP contribution in [0.15, 0.2) is 34.3 Å². The van der Waals surface area contributed by atoms with Gasteiger partial charge in [-0.1, -0.05) is 35.7 Å². The minimum atomic E-state index is 0. The molecule has 0 saturated carbocycles. The molecule has 2 heterocycles. The Morgan fingerprint density at radius 1 is 1.00 bits per heavy atom. The van der Waals surface area contributed by atoms with E-state index in [9.17, 15) is 0 Å². The SMILES string of the molecule is Cl.Cl.c1cc(CCNC2=NCCS2)cc(NC2=NCCS2)c1. The van der Waals surface area contributed by atoms with Crippen LogP contribution >= 0.6 is 48.3 Å². The lowest BCUT2D eigenvalue weighted by molar-refractivity contribution is 0.873. The van der Waals surface area contributed by atoms with Crippen molar-refractivity contribution >= 4 is 64.4 Å². The Kier molecular flexibility index (Phi) is 9.09. The van der Waals surface area contributed by atoms with E-state index >= 15 is 0 Å². The van der Waals surface area contributed by atoms with Gasteiger partial charge < -0.3 is 10.6 Å². The van der Waals surface area contributed by atoms with E-state index in [-0.39, 0.29) is 24.8 Å². The summed E-state index contributed by atoms with van der Waals surface area (Å²) in [4.78, 5) is 8.80. The highest BCUT2D eigenvalue weighted by atomic mass is 35.5. The highest BCUT2D eigenvalue weighted by Gasteiger charge is 2.08. The van der Waals surface area contributed by atoms with Gasteiger partial charge in [0.1, 0.15) is 0 Å². The maximum Gasteiger partial charge on any atom is 0.161 e. The fourth-order valence-corrected chi connectivity index (χ4v) is 3.61. The zero-order valence-corrected chi connectivity index (χ0v) is 15.3. The van der Waals surface area contributed by atoms with E-state index < -0.39 is 0 Å². The molecule has 1 aromatic rings. The van der Waals surface area contributed by atoms with E-state index in [1.54, 1.807) is 11.8 Å². The number of aliphatic imine (C=N–C) groups is 2. The van der Waals surface area contributed by atoms with Crippen LogP contribution in [0.25, 0.3) is 0 Å². The van der Waals surface area contributed by atoms with Gasteiger partial charge in [-0.3, -0.25) is 9.98 Å². The van der Waals surface area contributed by atoms with Gasteiger partial charge in [0.15, 0.2) is 10.3 Å². The monoisotopic (exact) mass is 378 g/mol. The third-order valence-electron chi connectivity index (χ3n) is 3.04. The van der Waals surface area contributed by atoms with E-state index in [1.165, 1.54) is 5.56 Å². The molecule has 0 fully saturated rings. The molecule has 0 amide bonds. The maximum atomic E-state index is 4.41. The molecule has 122 valence electrons. The van der Waals surface area contributed by atoms with Crippen LogP contribution in [0.4, 0.5) is 5.69 Å². The molecular weight excluding hydrogens is 359 g/mol. The summed E-state index contributed by atoms with van der Waals surface area (Å²) in [6.07, 6.45) is 1.01. The highest BCUT2D eigenvalue weighted by Crippen LogP contribution is 2.17. The van der Waals surface area contributed by atoms with Crippen molar-refractivity contribution in [3.05, 3.63) is 29.8 Å². The predicted molar refractivity (Wildman–Crippen MR) is 106 cm³/mol. The number of hydrogen-bond donors (Lipinski definition) is 2. The van der Waals surface area contributed by atoms with Crippen LogP contribution in [0, 0.1) is 0 Å². The van der Waals surface area contributed by atoms with Crippen LogP contribution in [0.3, 0.4) is 0 Å². The molecule has 0 bridgehead atoms. The van der Waals surface area contributed by atoms with Gasteiger partial charge in [0.25, 0.3) is 0 Å². The molecule has 0 saturated heterocycles. The number of amidine groups is 2. The standard InChI is InChI=1S/C14H18N4S2.2ClH/c1-2-11(4-5-15-13-16-6-8-19-13)10-12(3-1)18-14-17-7-9-20-14;;/h1-3,10H,4-9H2,(H,15,16)(H,17,18);2*1H. The Morgan fingerprint density at radius 3 is 2.41 bits per heavy atom. The molecule has 22 heavy (non-hydrogen) atoms. The lowest BCUT2D eigenvalue weighted by Crippen LogP contribution is -2.21. The number of anilines is 1. The van der Waals surface area contributed by atoms with E-state index in [1.807, 2.05) is 11.8 Å². The Morgan fingerprint density at radius 2 is 1.73 bits per heavy atom. The molecule has 2 N–H and O–H groups in total. The molecule has 8 heteroatoms. The number of rotatable bonds is 4. The van der Waals surface area contributed by atoms with E-state index in [0.717, 1.165) is 53.6 Å². The van der Waals surface area contributed by atoms with Crippen molar-refractivity contribution in [2.45, 2.75) is 6.42 Å². The van der Waals surface area contributed by atoms with Crippen LogP contribution in [0.1, 0.15) is 5.56 Å². The Balaban J connectivity index is 0.00000121. The van der Waals surface area contributed by atoms with Crippen molar-refractivity contribution in [3.8, 4) is 0 Å². The lowest BCUT2D eigenvalue weighted by Gasteiger charge is -2.08. The zero-order chi connectivity index (χ0) is 13.6. The van der Waals surface area contributed by atoms with Gasteiger partial charge in [0.05, 0.1) is 13.1 Å². The molecule has 0 unspecified atom stereocenters. The van der Waals surface area contributed by atoms with Crippen molar-refractivity contribution in [2.24, 2.45) is 9.98 Å². The Bertz CT molecular complexity index is 537. The molecule has 0 aliphatic carbocycles. The molecule has 0 radical (unpaired) electrons. The molecule has 1 aromatic carbocycles. The summed E-state index contributed by atoms with van der Waals surface area (Å²) in [5, 5.41) is 8.90. The first-order valence-electron chi connectivity index (χ1n) is 6.84. The molecule has 2 aliphatic rings. The molecule has 0 spiro atoms. The van der Waals surface area contributed by atoms with Crippen molar-refractivity contribution in [1.29, 1.82) is 0 Å². The fourth-order valence-electron chi connectivity index (χ4n) is 2.09. The largest absolute Gasteiger partial charge is 0.365 e. The van der Waals surface area contributed by atoms with Crippen LogP contribution in [-0.2, 0) is 6.42 Å². The number of nitrogens with zero attached hydrogens (tertiary/aromatic N) is 2. The average molecular weight is 379 g/mol. The summed E-state index contributed by atoms with van der Waals surface area (Å²) >= 11 is 3.60. The second-order valence-electron chi connectivity index (χ2n) is 4.57. The first-order valence-corrected chi connectivity index (χ1v) is 8.81. The Labute approximate surface area is 152 Å². The number of benzene rings is 1. The molecular formula is C14H20Cl2N4S2. The van der Waals surface area contributed by atoms with Crippen molar-refractivity contribution in [1.82, 2.24) is 5.32 Å². The van der Waals surface area contributed by atoms with E-state index in [4.69, 9.17) is 0 Å². The fraction of sp³-hybridized carbons (Fsp3) is 0.429. The average Bonchev–Trinajstić information content (AvgIpc) is 3.13. The summed E-state index contributed by atoms with van der Waals surface area (Å²) in [5.74, 6) is 2.20. The van der Waals surface area contributed by atoms with Gasteiger partial charge in [0, 0.05) is 23.7 Å². The van der Waals surface area contributed by atoms with Crippen LogP contribution in [0.2, 0.25) is 0 Å². The molecule has 2 aliphatic heterocycles. The minimum absolute atomic E-state index is 0. The highest BCUT2D eigenvalue weighted by molar-refractivity contribution is 8.14. The summed E-state index contributed by atoms with van der Waals surface area (Å²) < 4.78 is 0. The van der Waals surface area contributed by atoms with Crippen LogP contribution in [0.5, 0.6) is 0 Å². The lowest BCUT2D eigenvalue weighted by atomic mass is 10.1. The molecule has 3 rings (SSSR count). The second kappa shape index (κ2) is 10.3. The van der Waals surface area contributed by atoms with Crippen molar-refractivity contribution in [2.75, 3.05) is 36.5 Å². The summed E-state index contributed by atoms with van der Waals surface area (Å²) in [6.45, 7) is 2.81. The topological polar surface area (TPSA) is 48.8 Å². The maximum absolute atomic E-state index is 4.41. The predicted octanol–water partition coefficient (Wildman–Crippen LogP) is 3.28. The normalized spacial score (nSPS) is 16.2. The van der Waals surface area contributed by atoms with Crippen molar-refractivity contribution in [3.63, 3.8) is 0 Å². The third-order valence-corrected chi connectivity index (χ3v) is 4.86. The molecule has 4 nitrogen and oxygen atoms in total. The number of hydrogen-bond acceptors (Lipinski definition) is 6. The van der Waals surface area contributed by atoms with E-state index in [2.05, 4.69) is 44.9 Å². The number of nitrogens with one attached hydrogen (secondary N) is 2. The minimum Gasteiger partial charge on any atom is -0.365 e. The van der Waals surface area contributed by atoms with Gasteiger partial charge in [-0.2, -0.15) is 0 Å². The van der Waals surface area contributed by atoms with Crippen LogP contribution in [-0.4, -0.2) is 41.5 Å². The van der Waals surface area contributed by atoms with Gasteiger partial charge >= 0.3 is 0 Å². The van der Waals surface area contributed by atoms with Crippen molar-refractivity contribution < 1.29 is 0 Å². The van der Waals surface area contributed by atoms with Gasteiger partial charge in [-0.25, -0.2) is 0 Å². The van der Waals surface area contributed by atoms with Gasteiger partial charge in [0.2, 0.25) is 0 Å². The number of thioether (sulfide) groups is 2. The smallest absolute Gasteiger partial charge is 0.161 e. The quantitative estimate of drug-likeness (QED) is 0.843. The Hall–Kier alpha value is -0.560. The first-order chi connectivity index (χ1) is 9.90. The summed E-state index contributed by atoms with van der Waals surface area (Å²) in [6, 6.07) is 8.56. The third kappa shape index (κ3) is 5.91. The van der Waals surface area contributed by atoms with Gasteiger partial charge in [-0.05, 0) is 24.1 Å². The second-order valence-corrected chi connectivity index (χ2v) is 6.74.